The van der Waals surface area contributed by atoms with Crippen LogP contribution in [0.15, 0.2) is 0 Å². The van der Waals surface area contributed by atoms with Gasteiger partial charge in [-0.2, -0.15) is 25.3 Å². The van der Waals surface area contributed by atoms with Crippen LogP contribution in [0.5, 0.6) is 0 Å². The van der Waals surface area contributed by atoms with Gasteiger partial charge in [-0.15, -0.1) is 0 Å². The van der Waals surface area contributed by atoms with E-state index in [1.807, 2.05) is 0 Å². The van der Waals surface area contributed by atoms with Gasteiger partial charge in [0.05, 0.1) is 0 Å². The van der Waals surface area contributed by atoms with Gasteiger partial charge in [-0.3, -0.25) is 0 Å². The third-order valence-corrected chi connectivity index (χ3v) is 2.64. The van der Waals surface area contributed by atoms with Gasteiger partial charge in [0.2, 0.25) is 0 Å². The van der Waals surface area contributed by atoms with Crippen molar-refractivity contribution >= 4 is 25.3 Å². The number of thiol groups is 2. The lowest BCUT2D eigenvalue weighted by Gasteiger charge is -2.29. The Balaban J connectivity index is 3.81. The standard InChI is InChI=1S/C13H30N2S2/c1-11(2,7-14-9-12(3,4)16)8-15-10-13(5,6)17/h14-17H,7-10H2,1-6H3. The molecule has 0 aromatic carbocycles. The van der Waals surface area contributed by atoms with Gasteiger partial charge in [0.25, 0.3) is 0 Å². The molecule has 0 aromatic heterocycles. The fraction of sp³-hybridized carbons (Fsp3) is 1.00. The van der Waals surface area contributed by atoms with E-state index in [0.717, 1.165) is 26.2 Å². The van der Waals surface area contributed by atoms with Gasteiger partial charge in [0, 0.05) is 35.7 Å². The van der Waals surface area contributed by atoms with Crippen molar-refractivity contribution in [2.45, 2.75) is 51.0 Å². The third-order valence-electron chi connectivity index (χ3n) is 2.32. The Morgan fingerprint density at radius 1 is 0.647 bits per heavy atom. The first-order valence-electron chi connectivity index (χ1n) is 6.28. The molecule has 0 saturated heterocycles. The van der Waals surface area contributed by atoms with Gasteiger partial charge >= 0.3 is 0 Å². The highest BCUT2D eigenvalue weighted by Crippen LogP contribution is 2.15. The quantitative estimate of drug-likeness (QED) is 0.513. The van der Waals surface area contributed by atoms with Crippen LogP contribution in [0, 0.1) is 5.41 Å². The molecule has 0 atom stereocenters. The van der Waals surface area contributed by atoms with E-state index in [-0.39, 0.29) is 14.9 Å². The minimum Gasteiger partial charge on any atom is -0.315 e. The second kappa shape index (κ2) is 6.69. The average molecular weight is 279 g/mol. The van der Waals surface area contributed by atoms with Gasteiger partial charge in [-0.05, 0) is 33.1 Å². The molecule has 0 spiro atoms. The highest BCUT2D eigenvalue weighted by atomic mass is 32.1. The molecule has 4 heteroatoms. The SMILES string of the molecule is CC(C)(S)CNCC(C)(C)CNCC(C)(C)S. The van der Waals surface area contributed by atoms with Crippen LogP contribution < -0.4 is 10.6 Å². The second-order valence-electron chi connectivity index (χ2n) is 7.00. The summed E-state index contributed by atoms with van der Waals surface area (Å²) >= 11 is 9.01. The summed E-state index contributed by atoms with van der Waals surface area (Å²) in [5, 5.41) is 6.96. The summed E-state index contributed by atoms with van der Waals surface area (Å²) in [5.41, 5.74) is 0.248. The molecule has 0 aliphatic heterocycles. The predicted molar refractivity (Wildman–Crippen MR) is 85.7 cm³/mol. The minimum absolute atomic E-state index is 0.0522. The van der Waals surface area contributed by atoms with E-state index in [2.05, 4.69) is 77.4 Å². The fourth-order valence-electron chi connectivity index (χ4n) is 1.48. The first-order valence-corrected chi connectivity index (χ1v) is 7.17. The lowest BCUT2D eigenvalue weighted by molar-refractivity contribution is 0.314. The highest BCUT2D eigenvalue weighted by Gasteiger charge is 2.20. The highest BCUT2D eigenvalue weighted by molar-refractivity contribution is 7.82. The Morgan fingerprint density at radius 2 is 0.941 bits per heavy atom. The van der Waals surface area contributed by atoms with Crippen LogP contribution in [0.4, 0.5) is 0 Å². The molecule has 0 heterocycles. The lowest BCUT2D eigenvalue weighted by Crippen LogP contribution is -2.43. The fourth-order valence-corrected chi connectivity index (χ4v) is 1.70. The normalized spacial score (nSPS) is 14.1. The maximum Gasteiger partial charge on any atom is 0.0198 e. The summed E-state index contributed by atoms with van der Waals surface area (Å²) in [4.78, 5) is 0. The molecule has 2 nitrogen and oxygen atoms in total. The van der Waals surface area contributed by atoms with Crippen LogP contribution >= 0.6 is 25.3 Å². The van der Waals surface area contributed by atoms with Crippen molar-refractivity contribution < 1.29 is 0 Å². The second-order valence-corrected chi connectivity index (χ2v) is 9.42. The number of hydrogen-bond acceptors (Lipinski definition) is 4. The van der Waals surface area contributed by atoms with E-state index in [1.165, 1.54) is 0 Å². The first-order chi connectivity index (χ1) is 7.41. The van der Waals surface area contributed by atoms with E-state index in [9.17, 15) is 0 Å². The van der Waals surface area contributed by atoms with Gasteiger partial charge in [-0.1, -0.05) is 13.8 Å². The Hall–Kier alpha value is 0.620. The molecule has 104 valence electrons. The van der Waals surface area contributed by atoms with Crippen LogP contribution in [-0.2, 0) is 0 Å². The van der Waals surface area contributed by atoms with E-state index >= 15 is 0 Å². The first kappa shape index (κ1) is 17.6. The van der Waals surface area contributed by atoms with Crippen molar-refractivity contribution in [3.63, 3.8) is 0 Å². The molecule has 0 amide bonds. The van der Waals surface area contributed by atoms with Crippen molar-refractivity contribution in [2.75, 3.05) is 26.2 Å². The number of rotatable bonds is 8. The maximum atomic E-state index is 4.50. The van der Waals surface area contributed by atoms with Crippen LogP contribution in [0.3, 0.4) is 0 Å². The maximum absolute atomic E-state index is 4.50. The molecule has 0 bridgehead atoms. The monoisotopic (exact) mass is 278 g/mol. The summed E-state index contributed by atoms with van der Waals surface area (Å²) in [6.45, 7) is 16.9. The molecule has 0 aliphatic rings. The summed E-state index contributed by atoms with van der Waals surface area (Å²) in [6, 6.07) is 0. The van der Waals surface area contributed by atoms with Gasteiger partial charge in [-0.25, -0.2) is 0 Å². The van der Waals surface area contributed by atoms with E-state index in [0.29, 0.717) is 0 Å². The molecule has 0 aliphatic carbocycles. The smallest absolute Gasteiger partial charge is 0.0198 e. The summed E-state index contributed by atoms with van der Waals surface area (Å²) in [7, 11) is 0. The van der Waals surface area contributed by atoms with Crippen molar-refractivity contribution in [1.29, 1.82) is 0 Å². The Kier molecular flexibility index (Phi) is 6.93. The van der Waals surface area contributed by atoms with Gasteiger partial charge in [0.15, 0.2) is 0 Å². The molecule has 0 aromatic rings. The Labute approximate surface area is 119 Å². The summed E-state index contributed by atoms with van der Waals surface area (Å²) < 4.78 is 0.104. The molecule has 0 fully saturated rings. The van der Waals surface area contributed by atoms with Gasteiger partial charge in [0.1, 0.15) is 0 Å². The largest absolute Gasteiger partial charge is 0.315 e. The molecule has 0 saturated carbocycles. The van der Waals surface area contributed by atoms with E-state index in [4.69, 9.17) is 0 Å². The van der Waals surface area contributed by atoms with Crippen LogP contribution in [0.1, 0.15) is 41.5 Å². The topological polar surface area (TPSA) is 24.1 Å². The average Bonchev–Trinajstić information content (AvgIpc) is 1.96. The van der Waals surface area contributed by atoms with Crippen LogP contribution in [-0.4, -0.2) is 35.7 Å². The molecule has 17 heavy (non-hydrogen) atoms. The summed E-state index contributed by atoms with van der Waals surface area (Å²) in [5.74, 6) is 0. The molecule has 0 unspecified atom stereocenters. The Morgan fingerprint density at radius 3 is 1.18 bits per heavy atom. The molecule has 2 N–H and O–H groups in total. The van der Waals surface area contributed by atoms with Gasteiger partial charge < -0.3 is 10.6 Å². The zero-order chi connectivity index (χ0) is 13.7. The molecular formula is C13H30N2S2. The number of hydrogen-bond donors (Lipinski definition) is 4. The number of nitrogens with one attached hydrogen (secondary N) is 2. The van der Waals surface area contributed by atoms with Crippen LogP contribution in [0.25, 0.3) is 0 Å². The van der Waals surface area contributed by atoms with Crippen molar-refractivity contribution in [3.8, 4) is 0 Å². The minimum atomic E-state index is 0.0522. The lowest BCUT2D eigenvalue weighted by atomic mass is 9.93. The molecular weight excluding hydrogens is 248 g/mol. The van der Waals surface area contributed by atoms with Crippen molar-refractivity contribution in [2.24, 2.45) is 5.41 Å². The van der Waals surface area contributed by atoms with Crippen molar-refractivity contribution in [1.82, 2.24) is 10.6 Å². The van der Waals surface area contributed by atoms with E-state index in [1.54, 1.807) is 0 Å². The zero-order valence-electron chi connectivity index (χ0n) is 12.2. The summed E-state index contributed by atoms with van der Waals surface area (Å²) in [6.07, 6.45) is 0. The molecule has 0 rings (SSSR count). The molecule has 0 radical (unpaired) electrons. The Bertz CT molecular complexity index is 192. The van der Waals surface area contributed by atoms with Crippen molar-refractivity contribution in [3.05, 3.63) is 0 Å². The van der Waals surface area contributed by atoms with Crippen LogP contribution in [0.2, 0.25) is 0 Å². The predicted octanol–water partition coefficient (Wildman–Crippen LogP) is 2.61. The van der Waals surface area contributed by atoms with E-state index < -0.39 is 0 Å². The zero-order valence-corrected chi connectivity index (χ0v) is 14.0. The third kappa shape index (κ3) is 12.9.